The minimum atomic E-state index is -3.54. The van der Waals surface area contributed by atoms with E-state index in [2.05, 4.69) is 0 Å². The van der Waals surface area contributed by atoms with E-state index in [9.17, 15) is 9.36 Å². The number of rotatable bonds is 2. The van der Waals surface area contributed by atoms with Crippen molar-refractivity contribution in [3.63, 3.8) is 0 Å². The third-order valence-corrected chi connectivity index (χ3v) is 1.45. The summed E-state index contributed by atoms with van der Waals surface area (Å²) in [5.74, 6) is -0.864. The zero-order valence-electron chi connectivity index (χ0n) is 4.75. The molecule has 0 saturated heterocycles. The molecule has 8 heteroatoms. The van der Waals surface area contributed by atoms with Crippen LogP contribution in [0, 0.1) is 0 Å². The Morgan fingerprint density at radius 1 is 1.50 bits per heavy atom. The molecular formula is C2H6Cl2N3O2P. The van der Waals surface area contributed by atoms with Gasteiger partial charge in [0.25, 0.3) is 13.5 Å². The topological polar surface area (TPSA) is 98.2 Å². The molecule has 0 saturated carbocycles. The summed E-state index contributed by atoms with van der Waals surface area (Å²) in [4.78, 5) is 9.15. The fourth-order valence-corrected chi connectivity index (χ4v) is 0.956. The molecule has 0 aliphatic carbocycles. The van der Waals surface area contributed by atoms with E-state index in [1.54, 1.807) is 5.09 Å². The van der Waals surface area contributed by atoms with Crippen LogP contribution in [0.5, 0.6) is 0 Å². The summed E-state index contributed by atoms with van der Waals surface area (Å²) >= 11 is 10.1. The normalized spacial score (nSPS) is 11.7. The van der Waals surface area contributed by atoms with E-state index in [0.717, 1.165) is 0 Å². The maximum atomic E-state index is 10.5. The molecule has 0 aliphatic heterocycles. The SMILES string of the molecule is NP(N)(=O)NC(=O)C(Cl)Cl. The summed E-state index contributed by atoms with van der Waals surface area (Å²) in [5.41, 5.74) is 9.52. The summed E-state index contributed by atoms with van der Waals surface area (Å²) in [6.07, 6.45) is 0. The number of halogens is 2. The van der Waals surface area contributed by atoms with Gasteiger partial charge in [0, 0.05) is 0 Å². The molecule has 0 aliphatic rings. The lowest BCUT2D eigenvalue weighted by atomic mass is 10.8. The van der Waals surface area contributed by atoms with Crippen LogP contribution in [0.3, 0.4) is 0 Å². The highest BCUT2D eigenvalue weighted by Crippen LogP contribution is 2.18. The third-order valence-electron chi connectivity index (χ3n) is 0.483. The Hall–Kier alpha value is 0.200. The third kappa shape index (κ3) is 5.02. The van der Waals surface area contributed by atoms with Crippen LogP contribution in [0.15, 0.2) is 0 Å². The first-order valence-electron chi connectivity index (χ1n) is 2.10. The van der Waals surface area contributed by atoms with Gasteiger partial charge in [0.1, 0.15) is 0 Å². The number of nitrogens with two attached hydrogens (primary N) is 2. The first-order valence-corrected chi connectivity index (χ1v) is 4.82. The maximum Gasteiger partial charge on any atom is 0.300 e. The Labute approximate surface area is 67.6 Å². The van der Waals surface area contributed by atoms with Gasteiger partial charge in [-0.2, -0.15) is 0 Å². The standard InChI is InChI=1S/C2H6Cl2N3O2P/c3-1(4)2(8)7-10(5,6)9/h1H,(H5,5,6,7,8,9). The number of carbonyl (C=O) groups is 1. The molecule has 0 aromatic heterocycles. The molecular weight excluding hydrogens is 200 g/mol. The average molecular weight is 206 g/mol. The maximum absolute atomic E-state index is 10.5. The van der Waals surface area contributed by atoms with Gasteiger partial charge >= 0.3 is 0 Å². The lowest BCUT2D eigenvalue weighted by molar-refractivity contribution is -0.117. The van der Waals surface area contributed by atoms with Crippen molar-refractivity contribution < 1.29 is 9.36 Å². The van der Waals surface area contributed by atoms with Crippen molar-refractivity contribution in [1.82, 2.24) is 5.09 Å². The summed E-state index contributed by atoms with van der Waals surface area (Å²) < 4.78 is 10.4. The zero-order chi connectivity index (χ0) is 8.36. The van der Waals surface area contributed by atoms with Gasteiger partial charge < -0.3 is 0 Å². The van der Waals surface area contributed by atoms with Crippen molar-refractivity contribution in [2.75, 3.05) is 0 Å². The molecule has 0 aromatic carbocycles. The van der Waals surface area contributed by atoms with Crippen LogP contribution in [-0.4, -0.2) is 10.7 Å². The molecule has 5 N–H and O–H groups in total. The molecule has 0 fully saturated rings. The van der Waals surface area contributed by atoms with Crippen LogP contribution in [-0.2, 0) is 9.36 Å². The first-order chi connectivity index (χ1) is 4.33. The molecule has 0 radical (unpaired) electrons. The second-order valence-corrected chi connectivity index (χ2v) is 4.22. The molecule has 0 unspecified atom stereocenters. The second-order valence-electron chi connectivity index (χ2n) is 1.49. The lowest BCUT2D eigenvalue weighted by Gasteiger charge is -2.07. The van der Waals surface area contributed by atoms with Crippen LogP contribution in [0.4, 0.5) is 0 Å². The average Bonchev–Trinajstić information content (AvgIpc) is 1.60. The van der Waals surface area contributed by atoms with Crippen molar-refractivity contribution in [3.05, 3.63) is 0 Å². The van der Waals surface area contributed by atoms with Gasteiger partial charge in [0.2, 0.25) is 0 Å². The fourth-order valence-electron chi connectivity index (χ4n) is 0.221. The quantitative estimate of drug-likeness (QED) is 0.435. The minimum Gasteiger partial charge on any atom is -0.281 e. The Kier molecular flexibility index (Phi) is 3.62. The molecule has 1 amide bonds. The van der Waals surface area contributed by atoms with Gasteiger partial charge in [-0.05, 0) is 0 Å². The van der Waals surface area contributed by atoms with E-state index < -0.39 is 18.3 Å². The van der Waals surface area contributed by atoms with Crippen LogP contribution < -0.4 is 16.1 Å². The van der Waals surface area contributed by atoms with Crippen LogP contribution in [0.25, 0.3) is 0 Å². The van der Waals surface area contributed by atoms with Gasteiger partial charge in [-0.3, -0.25) is 25.5 Å². The fraction of sp³-hybridized carbons (Fsp3) is 0.500. The van der Waals surface area contributed by atoms with Gasteiger partial charge in [-0.15, -0.1) is 0 Å². The molecule has 0 aromatic rings. The number of carbonyl (C=O) groups excluding carboxylic acids is 1. The van der Waals surface area contributed by atoms with Crippen molar-refractivity contribution in [2.45, 2.75) is 4.84 Å². The van der Waals surface area contributed by atoms with Gasteiger partial charge in [0.15, 0.2) is 4.84 Å². The van der Waals surface area contributed by atoms with Crippen LogP contribution >= 0.6 is 30.8 Å². The number of hydrogen-bond acceptors (Lipinski definition) is 2. The number of hydrogen-bond donors (Lipinski definition) is 3. The smallest absolute Gasteiger partial charge is 0.281 e. The highest BCUT2D eigenvalue weighted by molar-refractivity contribution is 7.57. The molecule has 10 heavy (non-hydrogen) atoms. The van der Waals surface area contributed by atoms with E-state index in [-0.39, 0.29) is 0 Å². The van der Waals surface area contributed by atoms with E-state index >= 15 is 0 Å². The highest BCUT2D eigenvalue weighted by atomic mass is 35.5. The summed E-state index contributed by atoms with van der Waals surface area (Å²) in [7, 11) is -3.54. The Balaban J connectivity index is 3.94. The predicted molar refractivity (Wildman–Crippen MR) is 39.6 cm³/mol. The van der Waals surface area contributed by atoms with Crippen molar-refractivity contribution in [2.24, 2.45) is 11.0 Å². The molecule has 0 heterocycles. The summed E-state index contributed by atoms with van der Waals surface area (Å²) in [6.45, 7) is 0. The highest BCUT2D eigenvalue weighted by Gasteiger charge is 2.17. The van der Waals surface area contributed by atoms with E-state index in [1.807, 2.05) is 0 Å². The van der Waals surface area contributed by atoms with Crippen molar-refractivity contribution >= 4 is 36.7 Å². The van der Waals surface area contributed by atoms with E-state index in [1.165, 1.54) is 0 Å². The molecule has 0 atom stereocenters. The van der Waals surface area contributed by atoms with Crippen molar-refractivity contribution in [3.8, 4) is 0 Å². The molecule has 0 rings (SSSR count). The number of amides is 1. The molecule has 60 valence electrons. The lowest BCUT2D eigenvalue weighted by Crippen LogP contribution is -2.31. The van der Waals surface area contributed by atoms with Crippen molar-refractivity contribution in [1.29, 1.82) is 0 Å². The van der Waals surface area contributed by atoms with Crippen LogP contribution in [0.1, 0.15) is 0 Å². The zero-order valence-corrected chi connectivity index (χ0v) is 7.16. The van der Waals surface area contributed by atoms with Gasteiger partial charge in [-0.25, -0.2) is 0 Å². The summed E-state index contributed by atoms with van der Waals surface area (Å²) in [5, 5.41) is 1.73. The largest absolute Gasteiger partial charge is 0.300 e. The van der Waals surface area contributed by atoms with Gasteiger partial charge in [0.05, 0.1) is 0 Å². The predicted octanol–water partition coefficient (Wildman–Crippen LogP) is -0.0682. The molecule has 0 bridgehead atoms. The van der Waals surface area contributed by atoms with E-state index in [4.69, 9.17) is 34.2 Å². The monoisotopic (exact) mass is 205 g/mol. The Bertz CT molecular complexity index is 177. The second kappa shape index (κ2) is 3.55. The number of alkyl halides is 2. The van der Waals surface area contributed by atoms with Gasteiger partial charge in [-0.1, -0.05) is 23.2 Å². The first kappa shape index (κ1) is 10.2. The van der Waals surface area contributed by atoms with E-state index in [0.29, 0.717) is 0 Å². The molecule has 0 spiro atoms. The number of nitrogens with one attached hydrogen (secondary N) is 1. The Morgan fingerprint density at radius 2 is 1.90 bits per heavy atom. The van der Waals surface area contributed by atoms with Crippen LogP contribution in [0.2, 0.25) is 0 Å². The summed E-state index contributed by atoms with van der Waals surface area (Å²) in [6, 6.07) is 0. The molecule has 5 nitrogen and oxygen atoms in total. The minimum absolute atomic E-state index is 0.864. The Morgan fingerprint density at radius 3 is 2.00 bits per heavy atom.